The third-order valence-electron chi connectivity index (χ3n) is 1.10. The van der Waals surface area contributed by atoms with Crippen molar-refractivity contribution in [3.63, 3.8) is 0 Å². The Balaban J connectivity index is 0. The minimum absolute atomic E-state index is 0. The molecule has 0 aromatic heterocycles. The Morgan fingerprint density at radius 3 is 1.92 bits per heavy atom. The van der Waals surface area contributed by atoms with Crippen LogP contribution in [0.25, 0.3) is 0 Å². The highest BCUT2D eigenvalue weighted by molar-refractivity contribution is 5.44. The molecule has 1 aromatic carbocycles. The summed E-state index contributed by atoms with van der Waals surface area (Å²) in [6.07, 6.45) is 0. The smallest absolute Gasteiger partial charge is 0.269 e. The zero-order chi connectivity index (χ0) is 9.56. The summed E-state index contributed by atoms with van der Waals surface area (Å²) < 4.78 is 0. The SMILES string of the molecule is C.CC.Nc1ccc([N+](=O)[O-])cc1. The number of hydrogen-bond acceptors (Lipinski definition) is 3. The van der Waals surface area contributed by atoms with Crippen LogP contribution in [-0.4, -0.2) is 4.92 Å². The molecule has 0 aliphatic rings. The number of rotatable bonds is 1. The minimum Gasteiger partial charge on any atom is -0.399 e. The first-order valence-corrected chi connectivity index (χ1v) is 3.70. The van der Waals surface area contributed by atoms with E-state index in [9.17, 15) is 10.1 Å². The Bertz CT molecular complexity index is 244. The van der Waals surface area contributed by atoms with Gasteiger partial charge in [-0.3, -0.25) is 10.1 Å². The number of anilines is 1. The molecule has 0 amide bonds. The van der Waals surface area contributed by atoms with Crippen LogP contribution in [0.2, 0.25) is 0 Å². The second-order valence-corrected chi connectivity index (χ2v) is 1.85. The summed E-state index contributed by atoms with van der Waals surface area (Å²) in [7, 11) is 0. The molecule has 1 rings (SSSR count). The number of hydrogen-bond donors (Lipinski definition) is 1. The number of non-ortho nitro benzene ring substituents is 1. The van der Waals surface area contributed by atoms with Gasteiger partial charge in [-0.2, -0.15) is 0 Å². The monoisotopic (exact) mass is 184 g/mol. The fourth-order valence-corrected chi connectivity index (χ4v) is 0.596. The van der Waals surface area contributed by atoms with Crippen LogP contribution in [0.15, 0.2) is 24.3 Å². The molecule has 0 atom stereocenters. The van der Waals surface area contributed by atoms with Gasteiger partial charge < -0.3 is 5.73 Å². The molecule has 2 N–H and O–H groups in total. The van der Waals surface area contributed by atoms with E-state index in [1.165, 1.54) is 24.3 Å². The van der Waals surface area contributed by atoms with Crippen LogP contribution < -0.4 is 5.73 Å². The topological polar surface area (TPSA) is 69.2 Å². The quantitative estimate of drug-likeness (QED) is 0.414. The molecule has 13 heavy (non-hydrogen) atoms. The van der Waals surface area contributed by atoms with Crippen molar-refractivity contribution < 1.29 is 4.92 Å². The Morgan fingerprint density at radius 2 is 1.62 bits per heavy atom. The van der Waals surface area contributed by atoms with Crippen molar-refractivity contribution in [2.45, 2.75) is 21.3 Å². The normalized spacial score (nSPS) is 7.54. The summed E-state index contributed by atoms with van der Waals surface area (Å²) in [6.45, 7) is 4.00. The summed E-state index contributed by atoms with van der Waals surface area (Å²) >= 11 is 0. The lowest BCUT2D eigenvalue weighted by atomic mass is 10.3. The highest BCUT2D eigenvalue weighted by atomic mass is 16.6. The fraction of sp³-hybridized carbons (Fsp3) is 0.333. The van der Waals surface area contributed by atoms with Crippen LogP contribution in [0.1, 0.15) is 21.3 Å². The van der Waals surface area contributed by atoms with E-state index in [0.717, 1.165) is 0 Å². The molecule has 0 bridgehead atoms. The van der Waals surface area contributed by atoms with Gasteiger partial charge in [0.2, 0.25) is 0 Å². The highest BCUT2D eigenvalue weighted by Gasteiger charge is 2.00. The maximum Gasteiger partial charge on any atom is 0.269 e. The van der Waals surface area contributed by atoms with Crippen molar-refractivity contribution in [1.29, 1.82) is 0 Å². The highest BCUT2D eigenvalue weighted by Crippen LogP contribution is 2.11. The molecule has 4 nitrogen and oxygen atoms in total. The molecular formula is C9H16N2O2. The molecule has 0 saturated heterocycles. The third kappa shape index (κ3) is 4.79. The minimum atomic E-state index is -0.459. The summed E-state index contributed by atoms with van der Waals surface area (Å²) in [5.41, 5.74) is 5.90. The summed E-state index contributed by atoms with van der Waals surface area (Å²) in [4.78, 5) is 9.62. The van der Waals surface area contributed by atoms with E-state index in [1.807, 2.05) is 13.8 Å². The van der Waals surface area contributed by atoms with E-state index in [4.69, 9.17) is 5.73 Å². The van der Waals surface area contributed by atoms with Gasteiger partial charge in [-0.05, 0) is 12.1 Å². The summed E-state index contributed by atoms with van der Waals surface area (Å²) in [5, 5.41) is 10.1. The van der Waals surface area contributed by atoms with Crippen LogP contribution in [0.4, 0.5) is 11.4 Å². The van der Waals surface area contributed by atoms with Gasteiger partial charge in [-0.25, -0.2) is 0 Å². The van der Waals surface area contributed by atoms with Gasteiger partial charge in [0.05, 0.1) is 4.92 Å². The van der Waals surface area contributed by atoms with Crippen molar-refractivity contribution in [3.05, 3.63) is 34.4 Å². The Hall–Kier alpha value is -1.58. The van der Waals surface area contributed by atoms with Crippen LogP contribution >= 0.6 is 0 Å². The second-order valence-electron chi connectivity index (χ2n) is 1.85. The van der Waals surface area contributed by atoms with E-state index in [1.54, 1.807) is 0 Å². The van der Waals surface area contributed by atoms with E-state index in [2.05, 4.69) is 0 Å². The molecule has 0 saturated carbocycles. The Labute approximate surface area is 78.5 Å². The first-order chi connectivity index (χ1) is 5.70. The van der Waals surface area contributed by atoms with E-state index >= 15 is 0 Å². The second kappa shape index (κ2) is 7.09. The lowest BCUT2D eigenvalue weighted by Crippen LogP contribution is -1.88. The largest absolute Gasteiger partial charge is 0.399 e. The van der Waals surface area contributed by atoms with Gasteiger partial charge in [-0.1, -0.05) is 21.3 Å². The molecule has 0 aliphatic carbocycles. The van der Waals surface area contributed by atoms with Crippen molar-refractivity contribution in [1.82, 2.24) is 0 Å². The maximum atomic E-state index is 10.1. The zero-order valence-electron chi connectivity index (χ0n) is 7.15. The number of benzene rings is 1. The van der Waals surface area contributed by atoms with E-state index < -0.39 is 4.92 Å². The van der Waals surface area contributed by atoms with Gasteiger partial charge in [0.1, 0.15) is 0 Å². The number of nitrogens with zero attached hydrogens (tertiary/aromatic N) is 1. The van der Waals surface area contributed by atoms with Crippen LogP contribution in [-0.2, 0) is 0 Å². The van der Waals surface area contributed by atoms with Crippen molar-refractivity contribution in [3.8, 4) is 0 Å². The Kier molecular flexibility index (Phi) is 7.62. The van der Waals surface area contributed by atoms with Gasteiger partial charge in [0.25, 0.3) is 5.69 Å². The van der Waals surface area contributed by atoms with Crippen molar-refractivity contribution in [2.75, 3.05) is 5.73 Å². The van der Waals surface area contributed by atoms with E-state index in [0.29, 0.717) is 5.69 Å². The van der Waals surface area contributed by atoms with Crippen LogP contribution in [0.3, 0.4) is 0 Å². The molecule has 74 valence electrons. The zero-order valence-corrected chi connectivity index (χ0v) is 7.15. The van der Waals surface area contributed by atoms with E-state index in [-0.39, 0.29) is 13.1 Å². The average Bonchev–Trinajstić information content (AvgIpc) is 2.09. The number of nitro benzene ring substituents is 1. The molecule has 1 aromatic rings. The van der Waals surface area contributed by atoms with Gasteiger partial charge in [0.15, 0.2) is 0 Å². The van der Waals surface area contributed by atoms with Gasteiger partial charge >= 0.3 is 0 Å². The first kappa shape index (κ1) is 14.0. The molecule has 4 heteroatoms. The lowest BCUT2D eigenvalue weighted by molar-refractivity contribution is -0.384. The number of nitrogens with two attached hydrogens (primary N) is 1. The molecule has 0 unspecified atom stereocenters. The molecule has 0 spiro atoms. The van der Waals surface area contributed by atoms with Crippen LogP contribution in [0.5, 0.6) is 0 Å². The number of nitrogen functional groups attached to an aromatic ring is 1. The maximum absolute atomic E-state index is 10.1. The van der Waals surface area contributed by atoms with Crippen molar-refractivity contribution in [2.24, 2.45) is 0 Å². The van der Waals surface area contributed by atoms with Crippen molar-refractivity contribution >= 4 is 11.4 Å². The molecule has 0 radical (unpaired) electrons. The predicted octanol–water partition coefficient (Wildman–Crippen LogP) is 2.84. The molecular weight excluding hydrogens is 168 g/mol. The predicted molar refractivity (Wildman–Crippen MR) is 55.6 cm³/mol. The molecule has 0 aliphatic heterocycles. The standard InChI is InChI=1S/C6H6N2O2.C2H6.CH4/c7-5-1-3-6(4-2-5)8(9)10;1-2;/h1-4H,7H2;1-2H3;1H4. The fourth-order valence-electron chi connectivity index (χ4n) is 0.596. The van der Waals surface area contributed by atoms with Gasteiger partial charge in [-0.15, -0.1) is 0 Å². The summed E-state index contributed by atoms with van der Waals surface area (Å²) in [6, 6.07) is 5.74. The third-order valence-corrected chi connectivity index (χ3v) is 1.10. The van der Waals surface area contributed by atoms with Gasteiger partial charge in [0, 0.05) is 17.8 Å². The van der Waals surface area contributed by atoms with Crippen LogP contribution in [0, 0.1) is 10.1 Å². The summed E-state index contributed by atoms with van der Waals surface area (Å²) in [5.74, 6) is 0. The first-order valence-electron chi connectivity index (χ1n) is 3.70. The number of nitro groups is 1. The molecule has 0 heterocycles. The molecule has 0 fully saturated rings. The average molecular weight is 184 g/mol. The lowest BCUT2D eigenvalue weighted by Gasteiger charge is -1.90. The Morgan fingerprint density at radius 1 is 1.23 bits per heavy atom.